The third-order valence-electron chi connectivity index (χ3n) is 3.10. The molecule has 0 aliphatic heterocycles. The summed E-state index contributed by atoms with van der Waals surface area (Å²) in [6, 6.07) is 15.1. The molecule has 0 aliphatic carbocycles. The van der Waals surface area contributed by atoms with Crippen LogP contribution in [0.5, 0.6) is 5.75 Å². The Balaban J connectivity index is 1.72. The van der Waals surface area contributed by atoms with Crippen molar-refractivity contribution in [2.75, 3.05) is 18.5 Å². The fourth-order valence-corrected chi connectivity index (χ4v) is 2.24. The lowest BCUT2D eigenvalue weighted by molar-refractivity contribution is 0.247. The molecule has 0 atom stereocenters. The van der Waals surface area contributed by atoms with Crippen molar-refractivity contribution in [1.82, 2.24) is 5.32 Å². The maximum absolute atomic E-state index is 11.7. The Labute approximate surface area is 139 Å². The van der Waals surface area contributed by atoms with E-state index < -0.39 is 0 Å². The van der Waals surface area contributed by atoms with Gasteiger partial charge in [-0.25, -0.2) is 4.79 Å². The molecular weight excluding hydrogens is 344 g/mol. The summed E-state index contributed by atoms with van der Waals surface area (Å²) < 4.78 is 6.67. The van der Waals surface area contributed by atoms with Crippen molar-refractivity contribution in [3.63, 3.8) is 0 Å². The summed E-state index contributed by atoms with van der Waals surface area (Å²) in [6.07, 6.45) is 0.924. The first kappa shape index (κ1) is 16.4. The number of amides is 2. The average molecular weight is 363 g/mol. The molecule has 2 amide bonds. The minimum atomic E-state index is -0.241. The van der Waals surface area contributed by atoms with Gasteiger partial charge in [-0.05, 0) is 42.3 Å². The van der Waals surface area contributed by atoms with Gasteiger partial charge in [0.15, 0.2) is 0 Å². The van der Waals surface area contributed by atoms with Gasteiger partial charge in [0.1, 0.15) is 12.4 Å². The quantitative estimate of drug-likeness (QED) is 0.756. The van der Waals surface area contributed by atoms with Crippen LogP contribution in [0, 0.1) is 0 Å². The Morgan fingerprint density at radius 1 is 1.14 bits per heavy atom. The number of carbonyl (C=O) groups excluding carboxylic acids is 1. The van der Waals surface area contributed by atoms with Gasteiger partial charge >= 0.3 is 6.03 Å². The van der Waals surface area contributed by atoms with Crippen molar-refractivity contribution in [1.29, 1.82) is 0 Å². The highest BCUT2D eigenvalue weighted by atomic mass is 79.9. The summed E-state index contributed by atoms with van der Waals surface area (Å²) >= 11 is 3.35. The Bertz CT molecular complexity index is 614. The van der Waals surface area contributed by atoms with Crippen LogP contribution in [0.15, 0.2) is 53.0 Å². The van der Waals surface area contributed by atoms with Gasteiger partial charge in [-0.2, -0.15) is 0 Å². The topological polar surface area (TPSA) is 50.4 Å². The fourth-order valence-electron chi connectivity index (χ4n) is 1.97. The molecule has 2 aromatic rings. The number of rotatable bonds is 6. The minimum Gasteiger partial charge on any atom is -0.491 e. The van der Waals surface area contributed by atoms with Crippen molar-refractivity contribution < 1.29 is 9.53 Å². The monoisotopic (exact) mass is 362 g/mol. The molecular formula is C17H19BrN2O2. The molecule has 0 fully saturated rings. The van der Waals surface area contributed by atoms with Crippen molar-refractivity contribution in [2.24, 2.45) is 0 Å². The molecule has 0 radical (unpaired) electrons. The van der Waals surface area contributed by atoms with Gasteiger partial charge in [0.05, 0.1) is 6.54 Å². The van der Waals surface area contributed by atoms with Crippen LogP contribution in [-0.2, 0) is 6.42 Å². The smallest absolute Gasteiger partial charge is 0.319 e. The van der Waals surface area contributed by atoms with E-state index in [0.717, 1.165) is 22.3 Å². The van der Waals surface area contributed by atoms with Crippen LogP contribution >= 0.6 is 15.9 Å². The minimum absolute atomic E-state index is 0.241. The van der Waals surface area contributed by atoms with E-state index in [1.807, 2.05) is 48.5 Å². The average Bonchev–Trinajstić information content (AvgIpc) is 2.54. The highest BCUT2D eigenvalue weighted by Gasteiger charge is 2.03. The van der Waals surface area contributed by atoms with Crippen molar-refractivity contribution >= 4 is 27.6 Å². The van der Waals surface area contributed by atoms with E-state index in [0.29, 0.717) is 13.2 Å². The largest absolute Gasteiger partial charge is 0.491 e. The van der Waals surface area contributed by atoms with E-state index in [9.17, 15) is 4.79 Å². The van der Waals surface area contributed by atoms with Crippen molar-refractivity contribution in [3.8, 4) is 5.75 Å². The van der Waals surface area contributed by atoms with Gasteiger partial charge < -0.3 is 15.4 Å². The highest BCUT2D eigenvalue weighted by molar-refractivity contribution is 9.10. The normalized spacial score (nSPS) is 10.1. The van der Waals surface area contributed by atoms with E-state index in [4.69, 9.17) is 4.74 Å². The molecule has 2 aromatic carbocycles. The van der Waals surface area contributed by atoms with Crippen LogP contribution in [0.3, 0.4) is 0 Å². The molecule has 2 rings (SSSR count). The lowest BCUT2D eigenvalue weighted by Gasteiger charge is -2.11. The number of para-hydroxylation sites is 1. The number of anilines is 1. The fraction of sp³-hybridized carbons (Fsp3) is 0.235. The number of ether oxygens (including phenoxy) is 1. The van der Waals surface area contributed by atoms with E-state index in [1.54, 1.807) is 0 Å². The summed E-state index contributed by atoms with van der Waals surface area (Å²) in [5.74, 6) is 0.875. The maximum Gasteiger partial charge on any atom is 0.319 e. The Kier molecular flexibility index (Phi) is 6.27. The van der Waals surface area contributed by atoms with E-state index >= 15 is 0 Å². The third-order valence-corrected chi connectivity index (χ3v) is 3.63. The number of benzene rings is 2. The molecule has 0 saturated carbocycles. The van der Waals surface area contributed by atoms with Crippen molar-refractivity contribution in [3.05, 3.63) is 58.6 Å². The van der Waals surface area contributed by atoms with Crippen LogP contribution < -0.4 is 15.4 Å². The number of urea groups is 1. The number of hydrogen-bond donors (Lipinski definition) is 2. The Morgan fingerprint density at radius 2 is 1.86 bits per heavy atom. The molecule has 0 bridgehead atoms. The zero-order chi connectivity index (χ0) is 15.8. The first-order valence-corrected chi connectivity index (χ1v) is 7.99. The molecule has 2 N–H and O–H groups in total. The van der Waals surface area contributed by atoms with Gasteiger partial charge in [0.2, 0.25) is 0 Å². The molecule has 0 unspecified atom stereocenters. The van der Waals surface area contributed by atoms with E-state index in [2.05, 4.69) is 33.5 Å². The Hall–Kier alpha value is -2.01. The number of carbonyl (C=O) groups is 1. The van der Waals surface area contributed by atoms with E-state index in [1.165, 1.54) is 5.56 Å². The van der Waals surface area contributed by atoms with Crippen LogP contribution in [0.2, 0.25) is 0 Å². The summed E-state index contributed by atoms with van der Waals surface area (Å²) in [4.78, 5) is 11.7. The molecule has 0 aromatic heterocycles. The number of hydrogen-bond acceptors (Lipinski definition) is 2. The number of halogens is 1. The van der Waals surface area contributed by atoms with Crippen LogP contribution in [-0.4, -0.2) is 19.2 Å². The number of aryl methyl sites for hydroxylation is 1. The standard InChI is InChI=1S/C17H19BrN2O2/c1-2-13-5-3-4-6-16(13)22-12-11-19-17(21)20-15-9-7-14(18)8-10-15/h3-10H,2,11-12H2,1H3,(H2,19,20,21). The molecule has 0 spiro atoms. The van der Waals surface area contributed by atoms with E-state index in [-0.39, 0.29) is 6.03 Å². The number of nitrogens with one attached hydrogen (secondary N) is 2. The van der Waals surface area contributed by atoms with Crippen molar-refractivity contribution in [2.45, 2.75) is 13.3 Å². The second kappa shape index (κ2) is 8.44. The summed E-state index contributed by atoms with van der Waals surface area (Å²) in [7, 11) is 0. The highest BCUT2D eigenvalue weighted by Crippen LogP contribution is 2.18. The second-order valence-electron chi connectivity index (χ2n) is 4.70. The summed E-state index contributed by atoms with van der Waals surface area (Å²) in [6.45, 7) is 2.97. The molecule has 0 heterocycles. The lowest BCUT2D eigenvalue weighted by Crippen LogP contribution is -2.32. The zero-order valence-corrected chi connectivity index (χ0v) is 14.0. The van der Waals surface area contributed by atoms with Crippen LogP contribution in [0.25, 0.3) is 0 Å². The van der Waals surface area contributed by atoms with Gasteiger partial charge in [-0.15, -0.1) is 0 Å². The van der Waals surface area contributed by atoms with Crippen LogP contribution in [0.4, 0.5) is 10.5 Å². The molecule has 4 nitrogen and oxygen atoms in total. The SMILES string of the molecule is CCc1ccccc1OCCNC(=O)Nc1ccc(Br)cc1. The van der Waals surface area contributed by atoms with Gasteiger partial charge in [0, 0.05) is 10.2 Å². The summed E-state index contributed by atoms with van der Waals surface area (Å²) in [5, 5.41) is 5.53. The maximum atomic E-state index is 11.7. The summed E-state index contributed by atoms with van der Waals surface area (Å²) in [5.41, 5.74) is 1.92. The first-order valence-electron chi connectivity index (χ1n) is 7.20. The Morgan fingerprint density at radius 3 is 2.59 bits per heavy atom. The van der Waals surface area contributed by atoms with Gasteiger partial charge in [-0.3, -0.25) is 0 Å². The zero-order valence-electron chi connectivity index (χ0n) is 12.4. The van der Waals surface area contributed by atoms with Crippen LogP contribution in [0.1, 0.15) is 12.5 Å². The second-order valence-corrected chi connectivity index (χ2v) is 5.61. The molecule has 116 valence electrons. The predicted molar refractivity (Wildman–Crippen MR) is 92.5 cm³/mol. The predicted octanol–water partition coefficient (Wildman–Crippen LogP) is 4.21. The third kappa shape index (κ3) is 5.07. The molecule has 0 saturated heterocycles. The molecule has 0 aliphatic rings. The molecule has 22 heavy (non-hydrogen) atoms. The van der Waals surface area contributed by atoms with Gasteiger partial charge in [-0.1, -0.05) is 41.1 Å². The first-order chi connectivity index (χ1) is 10.7. The van der Waals surface area contributed by atoms with Gasteiger partial charge in [0.25, 0.3) is 0 Å². The lowest BCUT2D eigenvalue weighted by atomic mass is 10.1. The molecule has 5 heteroatoms.